The van der Waals surface area contributed by atoms with Crippen molar-refractivity contribution in [2.75, 3.05) is 0 Å². The smallest absolute Gasteiger partial charge is 0.0976 e. The SMILES string of the molecule is Cc1ccc(C(O)C2(C#N)CCC(C)C2)cc1. The van der Waals surface area contributed by atoms with Gasteiger partial charge in [-0.3, -0.25) is 0 Å². The zero-order valence-electron chi connectivity index (χ0n) is 10.5. The van der Waals surface area contributed by atoms with Crippen molar-refractivity contribution in [2.45, 2.75) is 39.2 Å². The van der Waals surface area contributed by atoms with Crippen LogP contribution < -0.4 is 0 Å². The number of benzene rings is 1. The zero-order chi connectivity index (χ0) is 12.5. The van der Waals surface area contributed by atoms with Crippen LogP contribution in [0.15, 0.2) is 24.3 Å². The molecule has 1 aliphatic carbocycles. The van der Waals surface area contributed by atoms with Crippen molar-refractivity contribution < 1.29 is 5.11 Å². The van der Waals surface area contributed by atoms with E-state index < -0.39 is 11.5 Å². The molecule has 0 aliphatic heterocycles. The van der Waals surface area contributed by atoms with Crippen LogP contribution in [0.3, 0.4) is 0 Å². The number of nitriles is 1. The summed E-state index contributed by atoms with van der Waals surface area (Å²) in [6.07, 6.45) is 1.99. The first-order chi connectivity index (χ1) is 8.07. The van der Waals surface area contributed by atoms with Gasteiger partial charge >= 0.3 is 0 Å². The van der Waals surface area contributed by atoms with E-state index in [1.165, 1.54) is 5.56 Å². The maximum Gasteiger partial charge on any atom is 0.0976 e. The fourth-order valence-corrected chi connectivity index (χ4v) is 2.81. The number of hydrogen-bond acceptors (Lipinski definition) is 2. The van der Waals surface area contributed by atoms with Gasteiger partial charge in [-0.2, -0.15) is 5.26 Å². The topological polar surface area (TPSA) is 44.0 Å². The van der Waals surface area contributed by atoms with Crippen LogP contribution in [0.25, 0.3) is 0 Å². The van der Waals surface area contributed by atoms with Gasteiger partial charge in [-0.1, -0.05) is 36.8 Å². The summed E-state index contributed by atoms with van der Waals surface area (Å²) < 4.78 is 0. The minimum Gasteiger partial charge on any atom is -0.387 e. The molecule has 1 aliphatic rings. The van der Waals surface area contributed by atoms with Gasteiger partial charge in [0.1, 0.15) is 0 Å². The minimum atomic E-state index is -0.655. The van der Waals surface area contributed by atoms with Gasteiger partial charge in [0.2, 0.25) is 0 Å². The molecule has 1 aromatic carbocycles. The predicted octanol–water partition coefficient (Wildman–Crippen LogP) is 3.36. The Kier molecular flexibility index (Phi) is 3.22. The molecule has 2 rings (SSSR count). The van der Waals surface area contributed by atoms with Crippen molar-refractivity contribution in [1.82, 2.24) is 0 Å². The second-order valence-electron chi connectivity index (χ2n) is 5.43. The third-order valence-electron chi connectivity index (χ3n) is 3.94. The van der Waals surface area contributed by atoms with Crippen molar-refractivity contribution in [3.63, 3.8) is 0 Å². The van der Waals surface area contributed by atoms with Crippen molar-refractivity contribution in [3.8, 4) is 6.07 Å². The molecule has 0 saturated heterocycles. The third kappa shape index (κ3) is 2.21. The first-order valence-corrected chi connectivity index (χ1v) is 6.23. The molecule has 17 heavy (non-hydrogen) atoms. The quantitative estimate of drug-likeness (QED) is 0.845. The van der Waals surface area contributed by atoms with Crippen LogP contribution in [0.4, 0.5) is 0 Å². The molecular weight excluding hydrogens is 210 g/mol. The summed E-state index contributed by atoms with van der Waals surface area (Å²) in [6.45, 7) is 4.18. The number of aliphatic hydroxyl groups is 1. The summed E-state index contributed by atoms with van der Waals surface area (Å²) in [7, 11) is 0. The molecule has 3 unspecified atom stereocenters. The van der Waals surface area contributed by atoms with Gasteiger partial charge in [0, 0.05) is 0 Å². The van der Waals surface area contributed by atoms with Crippen molar-refractivity contribution >= 4 is 0 Å². The molecule has 0 amide bonds. The fourth-order valence-electron chi connectivity index (χ4n) is 2.81. The average Bonchev–Trinajstić information content (AvgIpc) is 2.72. The van der Waals surface area contributed by atoms with E-state index in [2.05, 4.69) is 13.0 Å². The normalized spacial score (nSPS) is 29.9. The summed E-state index contributed by atoms with van der Waals surface area (Å²) >= 11 is 0. The van der Waals surface area contributed by atoms with Gasteiger partial charge in [-0.25, -0.2) is 0 Å². The van der Waals surface area contributed by atoms with E-state index in [-0.39, 0.29) is 0 Å². The zero-order valence-corrected chi connectivity index (χ0v) is 10.5. The van der Waals surface area contributed by atoms with Gasteiger partial charge in [0.05, 0.1) is 17.6 Å². The van der Waals surface area contributed by atoms with Gasteiger partial charge in [0.15, 0.2) is 0 Å². The van der Waals surface area contributed by atoms with Crippen LogP contribution in [0.5, 0.6) is 0 Å². The van der Waals surface area contributed by atoms with Gasteiger partial charge in [0.25, 0.3) is 0 Å². The molecule has 1 fully saturated rings. The van der Waals surface area contributed by atoms with Crippen LogP contribution in [0, 0.1) is 29.6 Å². The van der Waals surface area contributed by atoms with Crippen LogP contribution in [-0.4, -0.2) is 5.11 Å². The fraction of sp³-hybridized carbons (Fsp3) is 0.533. The standard InChI is InChI=1S/C15H19NO/c1-11-3-5-13(6-4-11)14(17)15(10-16)8-7-12(2)9-15/h3-6,12,14,17H,7-9H2,1-2H3. The molecule has 1 aromatic rings. The molecule has 3 atom stereocenters. The second kappa shape index (κ2) is 4.50. The first kappa shape index (κ1) is 12.1. The van der Waals surface area contributed by atoms with E-state index in [0.29, 0.717) is 5.92 Å². The van der Waals surface area contributed by atoms with Crippen LogP contribution in [0.2, 0.25) is 0 Å². The van der Waals surface area contributed by atoms with Crippen molar-refractivity contribution in [2.24, 2.45) is 11.3 Å². The Morgan fingerprint density at radius 2 is 2.06 bits per heavy atom. The Balaban J connectivity index is 2.27. The van der Waals surface area contributed by atoms with Crippen LogP contribution >= 0.6 is 0 Å². The van der Waals surface area contributed by atoms with Crippen LogP contribution in [-0.2, 0) is 0 Å². The van der Waals surface area contributed by atoms with E-state index in [1.807, 2.05) is 31.2 Å². The van der Waals surface area contributed by atoms with E-state index >= 15 is 0 Å². The van der Waals surface area contributed by atoms with Gasteiger partial charge < -0.3 is 5.11 Å². The summed E-state index contributed by atoms with van der Waals surface area (Å²) in [5.74, 6) is 0.537. The Labute approximate surface area is 103 Å². The maximum absolute atomic E-state index is 10.5. The number of nitrogens with zero attached hydrogens (tertiary/aromatic N) is 1. The molecule has 2 heteroatoms. The molecule has 0 spiro atoms. The number of aliphatic hydroxyl groups excluding tert-OH is 1. The maximum atomic E-state index is 10.5. The Morgan fingerprint density at radius 1 is 1.41 bits per heavy atom. The molecule has 1 saturated carbocycles. The lowest BCUT2D eigenvalue weighted by Gasteiger charge is -2.27. The highest BCUT2D eigenvalue weighted by atomic mass is 16.3. The highest BCUT2D eigenvalue weighted by Crippen LogP contribution is 2.49. The highest BCUT2D eigenvalue weighted by Gasteiger charge is 2.44. The summed E-state index contributed by atoms with van der Waals surface area (Å²) in [5, 5.41) is 19.9. The number of aryl methyl sites for hydroxylation is 1. The molecule has 90 valence electrons. The monoisotopic (exact) mass is 229 g/mol. The summed E-state index contributed by atoms with van der Waals surface area (Å²) in [6, 6.07) is 10.2. The lowest BCUT2D eigenvalue weighted by atomic mass is 9.78. The van der Waals surface area contributed by atoms with E-state index in [1.54, 1.807) is 0 Å². The van der Waals surface area contributed by atoms with Gasteiger partial charge in [-0.15, -0.1) is 0 Å². The average molecular weight is 229 g/mol. The molecule has 0 aromatic heterocycles. The first-order valence-electron chi connectivity index (χ1n) is 6.23. The Morgan fingerprint density at radius 3 is 2.53 bits per heavy atom. The Bertz CT molecular complexity index is 431. The summed E-state index contributed by atoms with van der Waals surface area (Å²) in [4.78, 5) is 0. The minimum absolute atomic E-state index is 0.537. The largest absolute Gasteiger partial charge is 0.387 e. The van der Waals surface area contributed by atoms with Gasteiger partial charge in [-0.05, 0) is 37.7 Å². The van der Waals surface area contributed by atoms with E-state index in [4.69, 9.17) is 0 Å². The molecule has 1 N–H and O–H groups in total. The third-order valence-corrected chi connectivity index (χ3v) is 3.94. The van der Waals surface area contributed by atoms with E-state index in [9.17, 15) is 10.4 Å². The molecular formula is C15H19NO. The Hall–Kier alpha value is -1.33. The lowest BCUT2D eigenvalue weighted by molar-refractivity contribution is 0.0647. The molecule has 0 radical (unpaired) electrons. The second-order valence-corrected chi connectivity index (χ2v) is 5.43. The molecule has 0 bridgehead atoms. The van der Waals surface area contributed by atoms with Crippen molar-refractivity contribution in [1.29, 1.82) is 5.26 Å². The molecule has 2 nitrogen and oxygen atoms in total. The number of hydrogen-bond donors (Lipinski definition) is 1. The number of rotatable bonds is 2. The predicted molar refractivity (Wildman–Crippen MR) is 67.2 cm³/mol. The van der Waals surface area contributed by atoms with Crippen molar-refractivity contribution in [3.05, 3.63) is 35.4 Å². The molecule has 0 heterocycles. The van der Waals surface area contributed by atoms with Crippen LogP contribution in [0.1, 0.15) is 43.4 Å². The summed E-state index contributed by atoms with van der Waals surface area (Å²) in [5.41, 5.74) is 1.47. The lowest BCUT2D eigenvalue weighted by Crippen LogP contribution is -2.24. The van der Waals surface area contributed by atoms with E-state index in [0.717, 1.165) is 24.8 Å². The highest BCUT2D eigenvalue weighted by molar-refractivity contribution is 5.27.